The Morgan fingerprint density at radius 2 is 1.78 bits per heavy atom. The van der Waals surface area contributed by atoms with Crippen molar-refractivity contribution in [1.29, 1.82) is 0 Å². The number of nitrogens with zero attached hydrogens (tertiary/aromatic N) is 4. The lowest BCUT2D eigenvalue weighted by molar-refractivity contribution is 0.282. The molecule has 11 heteroatoms. The van der Waals surface area contributed by atoms with Gasteiger partial charge in [-0.3, -0.25) is 0 Å². The Hall–Kier alpha value is -2.89. The first kappa shape index (κ1) is 24.8. The average molecular weight is 576 g/mol. The Kier molecular flexibility index (Phi) is 6.80. The fourth-order valence-electron chi connectivity index (χ4n) is 4.49. The summed E-state index contributed by atoms with van der Waals surface area (Å²) in [4.78, 5) is 4.43. The van der Waals surface area contributed by atoms with E-state index in [2.05, 4.69) is 26.3 Å². The standard InChI is InChI=1S/C25H24BrF2N5O2S/c1-16-4-2-3-5-21(16)23-13-24(33-25(31-23)22(26)15-30-33)29-14-17-6-8-32(9-7-17)36(34,35)20-11-18(27)10-19(28)12-20/h2-5,10-13,15,17,29H,6-9,14H2,1H3. The van der Waals surface area contributed by atoms with Crippen LogP contribution in [0.5, 0.6) is 0 Å². The third-order valence-corrected chi connectivity index (χ3v) is 8.90. The molecule has 4 aromatic rings. The smallest absolute Gasteiger partial charge is 0.243 e. The maximum absolute atomic E-state index is 13.6. The second-order valence-corrected chi connectivity index (χ2v) is 11.7. The van der Waals surface area contributed by atoms with Crippen molar-refractivity contribution in [3.63, 3.8) is 0 Å². The molecule has 2 aromatic heterocycles. The van der Waals surface area contributed by atoms with Crippen LogP contribution in [0, 0.1) is 24.5 Å². The topological polar surface area (TPSA) is 79.6 Å². The van der Waals surface area contributed by atoms with Gasteiger partial charge in [0.05, 0.1) is 21.3 Å². The van der Waals surface area contributed by atoms with E-state index in [1.54, 1.807) is 10.7 Å². The van der Waals surface area contributed by atoms with Gasteiger partial charge in [0.15, 0.2) is 5.65 Å². The second kappa shape index (κ2) is 9.87. The molecule has 0 bridgehead atoms. The minimum absolute atomic E-state index is 0.213. The molecule has 2 aromatic carbocycles. The summed E-state index contributed by atoms with van der Waals surface area (Å²) >= 11 is 3.52. The summed E-state index contributed by atoms with van der Waals surface area (Å²) in [5, 5.41) is 7.90. The molecule has 188 valence electrons. The molecule has 0 unspecified atom stereocenters. The van der Waals surface area contributed by atoms with Crippen molar-refractivity contribution in [1.82, 2.24) is 18.9 Å². The highest BCUT2D eigenvalue weighted by atomic mass is 79.9. The zero-order chi connectivity index (χ0) is 25.4. The van der Waals surface area contributed by atoms with Gasteiger partial charge >= 0.3 is 0 Å². The fourth-order valence-corrected chi connectivity index (χ4v) is 6.35. The first-order valence-electron chi connectivity index (χ1n) is 11.5. The number of halogens is 3. The van der Waals surface area contributed by atoms with Crippen molar-refractivity contribution in [2.45, 2.75) is 24.7 Å². The Labute approximate surface area is 216 Å². The molecule has 0 radical (unpaired) electrons. The van der Waals surface area contributed by atoms with Gasteiger partial charge in [0.2, 0.25) is 10.0 Å². The molecule has 5 rings (SSSR count). The van der Waals surface area contributed by atoms with Crippen LogP contribution >= 0.6 is 15.9 Å². The third-order valence-electron chi connectivity index (χ3n) is 6.47. The van der Waals surface area contributed by atoms with Crippen molar-refractivity contribution >= 4 is 37.4 Å². The van der Waals surface area contributed by atoms with E-state index in [0.29, 0.717) is 31.1 Å². The number of rotatable bonds is 6. The van der Waals surface area contributed by atoms with Crippen molar-refractivity contribution in [2.24, 2.45) is 5.92 Å². The summed E-state index contributed by atoms with van der Waals surface area (Å²) in [6.45, 7) is 3.22. The number of sulfonamides is 1. The predicted molar refractivity (Wildman–Crippen MR) is 137 cm³/mol. The number of hydrogen-bond acceptors (Lipinski definition) is 5. The van der Waals surface area contributed by atoms with Crippen LogP contribution in [0.4, 0.5) is 14.6 Å². The molecule has 0 aliphatic carbocycles. The van der Waals surface area contributed by atoms with E-state index in [-0.39, 0.29) is 23.9 Å². The zero-order valence-corrected chi connectivity index (χ0v) is 21.9. The highest BCUT2D eigenvalue weighted by Crippen LogP contribution is 2.29. The molecule has 1 aliphatic heterocycles. The van der Waals surface area contributed by atoms with Crippen LogP contribution in [-0.2, 0) is 10.0 Å². The van der Waals surface area contributed by atoms with E-state index < -0.39 is 21.7 Å². The second-order valence-electron chi connectivity index (χ2n) is 8.90. The summed E-state index contributed by atoms with van der Waals surface area (Å²) in [6, 6.07) is 12.4. The molecule has 7 nitrogen and oxygen atoms in total. The maximum atomic E-state index is 13.6. The van der Waals surface area contributed by atoms with Crippen LogP contribution in [-0.4, -0.2) is 47.0 Å². The fraction of sp³-hybridized carbons (Fsp3) is 0.280. The Balaban J connectivity index is 1.30. The number of fused-ring (bicyclic) bond motifs is 1. The first-order chi connectivity index (χ1) is 17.2. The van der Waals surface area contributed by atoms with Gasteiger partial charge in [-0.1, -0.05) is 24.3 Å². The number of aromatic nitrogens is 3. The summed E-state index contributed by atoms with van der Waals surface area (Å²) in [7, 11) is -3.96. The number of hydrogen-bond donors (Lipinski definition) is 1. The summed E-state index contributed by atoms with van der Waals surface area (Å²) in [5.41, 5.74) is 3.67. The number of aryl methyl sites for hydroxylation is 1. The predicted octanol–water partition coefficient (Wildman–Crippen LogP) is 5.26. The monoisotopic (exact) mass is 575 g/mol. The number of piperidine rings is 1. The van der Waals surface area contributed by atoms with E-state index in [1.165, 1.54) is 4.31 Å². The van der Waals surface area contributed by atoms with Crippen LogP contribution in [0.2, 0.25) is 0 Å². The van der Waals surface area contributed by atoms with Gasteiger partial charge in [-0.25, -0.2) is 22.2 Å². The van der Waals surface area contributed by atoms with E-state index in [4.69, 9.17) is 4.98 Å². The van der Waals surface area contributed by atoms with Crippen molar-refractivity contribution < 1.29 is 17.2 Å². The highest BCUT2D eigenvalue weighted by Gasteiger charge is 2.30. The number of benzene rings is 2. The Morgan fingerprint density at radius 1 is 1.08 bits per heavy atom. The van der Waals surface area contributed by atoms with Gasteiger partial charge in [-0.15, -0.1) is 0 Å². The average Bonchev–Trinajstić information content (AvgIpc) is 3.23. The van der Waals surface area contributed by atoms with E-state index in [9.17, 15) is 17.2 Å². The van der Waals surface area contributed by atoms with E-state index >= 15 is 0 Å². The molecular weight excluding hydrogens is 552 g/mol. The summed E-state index contributed by atoms with van der Waals surface area (Å²) in [5.74, 6) is -0.822. The van der Waals surface area contributed by atoms with Crippen LogP contribution < -0.4 is 5.32 Å². The summed E-state index contributed by atoms with van der Waals surface area (Å²) < 4.78 is 56.7. The molecule has 0 atom stereocenters. The minimum atomic E-state index is -3.96. The van der Waals surface area contributed by atoms with Gasteiger partial charge in [-0.2, -0.15) is 13.9 Å². The normalized spacial score (nSPS) is 15.4. The van der Waals surface area contributed by atoms with Crippen LogP contribution in [0.25, 0.3) is 16.9 Å². The molecule has 1 fully saturated rings. The molecule has 0 saturated carbocycles. The Morgan fingerprint density at radius 3 is 2.47 bits per heavy atom. The molecule has 36 heavy (non-hydrogen) atoms. The van der Waals surface area contributed by atoms with Crippen LogP contribution in [0.1, 0.15) is 18.4 Å². The number of anilines is 1. The Bertz CT molecular complexity index is 1510. The zero-order valence-electron chi connectivity index (χ0n) is 19.5. The van der Waals surface area contributed by atoms with Gasteiger partial charge in [0.25, 0.3) is 0 Å². The lowest BCUT2D eigenvalue weighted by Gasteiger charge is -2.31. The van der Waals surface area contributed by atoms with Crippen LogP contribution in [0.15, 0.2) is 64.1 Å². The lowest BCUT2D eigenvalue weighted by Crippen LogP contribution is -2.40. The SMILES string of the molecule is Cc1ccccc1-c1cc(NCC2CCN(S(=O)(=O)c3cc(F)cc(F)c3)CC2)n2ncc(Br)c2n1. The molecule has 1 N–H and O–H groups in total. The quantitative estimate of drug-likeness (QED) is 0.339. The van der Waals surface area contributed by atoms with Gasteiger partial charge in [0, 0.05) is 37.3 Å². The summed E-state index contributed by atoms with van der Waals surface area (Å²) in [6.07, 6.45) is 2.94. The van der Waals surface area contributed by atoms with E-state index in [1.807, 2.05) is 37.3 Å². The molecule has 0 spiro atoms. The molecular formula is C25H24BrF2N5O2S. The van der Waals surface area contributed by atoms with Crippen molar-refractivity contribution in [3.05, 3.63) is 76.4 Å². The largest absolute Gasteiger partial charge is 0.370 e. The lowest BCUT2D eigenvalue weighted by atomic mass is 9.98. The van der Waals surface area contributed by atoms with Crippen LogP contribution in [0.3, 0.4) is 0 Å². The maximum Gasteiger partial charge on any atom is 0.243 e. The van der Waals surface area contributed by atoms with Gasteiger partial charge in [-0.05, 0) is 59.3 Å². The highest BCUT2D eigenvalue weighted by molar-refractivity contribution is 9.10. The minimum Gasteiger partial charge on any atom is -0.370 e. The van der Waals surface area contributed by atoms with Crippen molar-refractivity contribution in [3.8, 4) is 11.3 Å². The van der Waals surface area contributed by atoms with Crippen molar-refractivity contribution in [2.75, 3.05) is 25.0 Å². The van der Waals surface area contributed by atoms with E-state index in [0.717, 1.165) is 39.2 Å². The molecule has 1 aliphatic rings. The molecule has 3 heterocycles. The number of nitrogens with one attached hydrogen (secondary N) is 1. The van der Waals surface area contributed by atoms with Gasteiger partial charge in [0.1, 0.15) is 17.5 Å². The molecule has 1 saturated heterocycles. The third kappa shape index (κ3) is 4.87. The van der Waals surface area contributed by atoms with Gasteiger partial charge < -0.3 is 5.32 Å². The molecule has 0 amide bonds. The first-order valence-corrected chi connectivity index (χ1v) is 13.8.